The van der Waals surface area contributed by atoms with Crippen LogP contribution in [0.2, 0.25) is 0 Å². The summed E-state index contributed by atoms with van der Waals surface area (Å²) < 4.78 is 1.68. The van der Waals surface area contributed by atoms with Crippen LogP contribution in [0.1, 0.15) is 26.4 Å². The van der Waals surface area contributed by atoms with E-state index in [0.29, 0.717) is 22.5 Å². The molecule has 0 aliphatic rings. The molecule has 0 N–H and O–H groups in total. The first-order valence-corrected chi connectivity index (χ1v) is 5.81. The zero-order valence-electron chi connectivity index (χ0n) is 9.98. The fourth-order valence-electron chi connectivity index (χ4n) is 1.93. The van der Waals surface area contributed by atoms with Crippen molar-refractivity contribution in [3.63, 3.8) is 0 Å². The molecule has 0 aliphatic heterocycles. The lowest BCUT2D eigenvalue weighted by atomic mass is 10.1. The molecule has 0 atom stereocenters. The Labute approximate surface area is 109 Å². The van der Waals surface area contributed by atoms with Crippen LogP contribution in [0, 0.1) is 0 Å². The molecule has 2 heterocycles. The van der Waals surface area contributed by atoms with Gasteiger partial charge in [0.25, 0.3) is 0 Å². The number of rotatable bonds is 3. The van der Waals surface area contributed by atoms with Crippen molar-refractivity contribution in [3.05, 3.63) is 71.7 Å². The van der Waals surface area contributed by atoms with Crippen LogP contribution >= 0.6 is 0 Å². The van der Waals surface area contributed by atoms with Gasteiger partial charge < -0.3 is 4.40 Å². The maximum Gasteiger partial charge on any atom is 0.212 e. The van der Waals surface area contributed by atoms with Crippen molar-refractivity contribution in [1.82, 2.24) is 9.38 Å². The van der Waals surface area contributed by atoms with Crippen molar-refractivity contribution < 1.29 is 9.59 Å². The Bertz CT molecular complexity index is 760. The summed E-state index contributed by atoms with van der Waals surface area (Å²) in [6.45, 7) is 0. The summed E-state index contributed by atoms with van der Waals surface area (Å²) in [5.41, 5.74) is 2.16. The highest BCUT2D eigenvalue weighted by Gasteiger charge is 2.12. The molecule has 4 nitrogen and oxygen atoms in total. The standard InChI is InChI=1S/C15H10N2O2/c18-10-11-6-7-14-16-13(9-17(14)8-11)15(19)12-4-2-1-3-5-12/h1-10H. The minimum atomic E-state index is -0.128. The average Bonchev–Trinajstić information content (AvgIpc) is 2.90. The van der Waals surface area contributed by atoms with Gasteiger partial charge in [0.1, 0.15) is 11.3 Å². The van der Waals surface area contributed by atoms with E-state index in [1.54, 1.807) is 41.1 Å². The smallest absolute Gasteiger partial charge is 0.212 e. The Hall–Kier alpha value is -2.75. The number of hydrogen-bond acceptors (Lipinski definition) is 3. The van der Waals surface area contributed by atoms with Gasteiger partial charge in [-0.25, -0.2) is 4.98 Å². The zero-order chi connectivity index (χ0) is 13.2. The predicted octanol–water partition coefficient (Wildman–Crippen LogP) is 2.38. The van der Waals surface area contributed by atoms with E-state index in [0.717, 1.165) is 6.29 Å². The molecule has 0 aliphatic carbocycles. The number of aldehydes is 1. The van der Waals surface area contributed by atoms with E-state index in [1.165, 1.54) is 0 Å². The van der Waals surface area contributed by atoms with E-state index in [1.807, 2.05) is 18.2 Å². The summed E-state index contributed by atoms with van der Waals surface area (Å²) in [5, 5.41) is 0. The second-order valence-corrected chi connectivity index (χ2v) is 4.17. The van der Waals surface area contributed by atoms with Gasteiger partial charge in [-0.2, -0.15) is 0 Å². The van der Waals surface area contributed by atoms with Gasteiger partial charge in [-0.1, -0.05) is 30.3 Å². The summed E-state index contributed by atoms with van der Waals surface area (Å²) in [7, 11) is 0. The highest BCUT2D eigenvalue weighted by atomic mass is 16.1. The van der Waals surface area contributed by atoms with Crippen LogP contribution in [-0.2, 0) is 0 Å². The number of imidazole rings is 1. The molecule has 3 rings (SSSR count). The normalized spacial score (nSPS) is 10.5. The molecule has 0 spiro atoms. The molecule has 0 unspecified atom stereocenters. The summed E-state index contributed by atoms with van der Waals surface area (Å²) in [5.74, 6) is -0.128. The Balaban J connectivity index is 2.06. The summed E-state index contributed by atoms with van der Waals surface area (Å²) in [6.07, 6.45) is 4.05. The molecule has 0 bridgehead atoms. The maximum absolute atomic E-state index is 12.2. The fraction of sp³-hybridized carbons (Fsp3) is 0. The van der Waals surface area contributed by atoms with Crippen LogP contribution in [0.15, 0.2) is 54.9 Å². The number of nitrogens with zero attached hydrogens (tertiary/aromatic N) is 2. The predicted molar refractivity (Wildman–Crippen MR) is 70.5 cm³/mol. The second kappa shape index (κ2) is 4.49. The average molecular weight is 250 g/mol. The van der Waals surface area contributed by atoms with Crippen LogP contribution in [-0.4, -0.2) is 21.5 Å². The first kappa shape index (κ1) is 11.3. The lowest BCUT2D eigenvalue weighted by molar-refractivity contribution is 0.103. The molecule has 3 aromatic rings. The molecule has 92 valence electrons. The fourth-order valence-corrected chi connectivity index (χ4v) is 1.93. The largest absolute Gasteiger partial charge is 0.306 e. The molecular formula is C15H10N2O2. The van der Waals surface area contributed by atoms with Crippen LogP contribution in [0.25, 0.3) is 5.65 Å². The topological polar surface area (TPSA) is 51.4 Å². The molecule has 4 heteroatoms. The monoisotopic (exact) mass is 250 g/mol. The van der Waals surface area contributed by atoms with Crippen molar-refractivity contribution in [1.29, 1.82) is 0 Å². The molecule has 19 heavy (non-hydrogen) atoms. The van der Waals surface area contributed by atoms with Crippen molar-refractivity contribution in [2.24, 2.45) is 0 Å². The van der Waals surface area contributed by atoms with E-state index < -0.39 is 0 Å². The highest BCUT2D eigenvalue weighted by Crippen LogP contribution is 2.11. The number of carbonyl (C=O) groups is 2. The van der Waals surface area contributed by atoms with Crippen molar-refractivity contribution in [2.45, 2.75) is 0 Å². The SMILES string of the molecule is O=Cc1ccc2nc(C(=O)c3ccccc3)cn2c1. The van der Waals surface area contributed by atoms with Gasteiger partial charge in [0.15, 0.2) is 6.29 Å². The van der Waals surface area contributed by atoms with Gasteiger partial charge in [-0.3, -0.25) is 9.59 Å². The number of ketones is 1. The third-order valence-electron chi connectivity index (χ3n) is 2.88. The van der Waals surface area contributed by atoms with E-state index in [9.17, 15) is 9.59 Å². The van der Waals surface area contributed by atoms with Gasteiger partial charge in [-0.05, 0) is 12.1 Å². The lowest BCUT2D eigenvalue weighted by Crippen LogP contribution is -2.00. The van der Waals surface area contributed by atoms with Crippen molar-refractivity contribution in [2.75, 3.05) is 0 Å². The second-order valence-electron chi connectivity index (χ2n) is 4.17. The molecule has 0 fully saturated rings. The number of hydrogen-bond donors (Lipinski definition) is 0. The summed E-state index contributed by atoms with van der Waals surface area (Å²) >= 11 is 0. The summed E-state index contributed by atoms with van der Waals surface area (Å²) in [6, 6.07) is 12.4. The van der Waals surface area contributed by atoms with Gasteiger partial charge >= 0.3 is 0 Å². The van der Waals surface area contributed by atoms with Crippen molar-refractivity contribution in [3.8, 4) is 0 Å². The molecule has 2 aromatic heterocycles. The number of pyridine rings is 1. The molecule has 0 saturated carbocycles. The third kappa shape index (κ3) is 2.04. The van der Waals surface area contributed by atoms with Gasteiger partial charge in [0.05, 0.1) is 0 Å². The van der Waals surface area contributed by atoms with Crippen LogP contribution in [0.5, 0.6) is 0 Å². The van der Waals surface area contributed by atoms with Crippen LogP contribution in [0.4, 0.5) is 0 Å². The number of aromatic nitrogens is 2. The first-order chi connectivity index (χ1) is 9.28. The van der Waals surface area contributed by atoms with Gasteiger partial charge in [-0.15, -0.1) is 0 Å². The molecule has 0 radical (unpaired) electrons. The minimum absolute atomic E-state index is 0.128. The van der Waals surface area contributed by atoms with E-state index >= 15 is 0 Å². The zero-order valence-corrected chi connectivity index (χ0v) is 9.98. The van der Waals surface area contributed by atoms with E-state index in [4.69, 9.17) is 0 Å². The molecule has 0 saturated heterocycles. The van der Waals surface area contributed by atoms with Gasteiger partial charge in [0.2, 0.25) is 5.78 Å². The van der Waals surface area contributed by atoms with E-state index in [-0.39, 0.29) is 5.78 Å². The van der Waals surface area contributed by atoms with Crippen LogP contribution in [0.3, 0.4) is 0 Å². The summed E-state index contributed by atoms with van der Waals surface area (Å²) in [4.78, 5) is 27.2. The number of fused-ring (bicyclic) bond motifs is 1. The van der Waals surface area contributed by atoms with Crippen LogP contribution < -0.4 is 0 Å². The third-order valence-corrected chi connectivity index (χ3v) is 2.88. The first-order valence-electron chi connectivity index (χ1n) is 5.81. The lowest BCUT2D eigenvalue weighted by Gasteiger charge is -1.95. The van der Waals surface area contributed by atoms with Crippen molar-refractivity contribution >= 4 is 17.7 Å². The quantitative estimate of drug-likeness (QED) is 0.529. The maximum atomic E-state index is 12.2. The number of benzene rings is 1. The van der Waals surface area contributed by atoms with E-state index in [2.05, 4.69) is 4.98 Å². The molecular weight excluding hydrogens is 240 g/mol. The Morgan fingerprint density at radius 3 is 2.58 bits per heavy atom. The minimum Gasteiger partial charge on any atom is -0.306 e. The Kier molecular flexibility index (Phi) is 2.68. The highest BCUT2D eigenvalue weighted by molar-refractivity contribution is 6.07. The molecule has 1 aromatic carbocycles. The molecule has 0 amide bonds. The Morgan fingerprint density at radius 2 is 1.84 bits per heavy atom. The Morgan fingerprint density at radius 1 is 1.05 bits per heavy atom. The number of carbonyl (C=O) groups excluding carboxylic acids is 2. The van der Waals surface area contributed by atoms with Gasteiger partial charge in [0, 0.05) is 23.5 Å².